The van der Waals surface area contributed by atoms with Crippen molar-refractivity contribution in [1.29, 1.82) is 0 Å². The topological polar surface area (TPSA) is 94.6 Å². The Balaban J connectivity index is 1.26. The lowest BCUT2D eigenvalue weighted by molar-refractivity contribution is -0.130. The third kappa shape index (κ3) is 4.73. The Morgan fingerprint density at radius 3 is 2.62 bits per heavy atom. The molecule has 2 N–H and O–H groups in total. The normalized spacial score (nSPS) is 19.2. The molecular formula is C20H23N5O3S. The van der Waals surface area contributed by atoms with Crippen LogP contribution in [0.3, 0.4) is 0 Å². The van der Waals surface area contributed by atoms with Gasteiger partial charge in [-0.3, -0.25) is 14.4 Å². The SMILES string of the molecule is O=C1CCC(C(=O)Nc2nc(CC(=O)N3CCN(c4ccccc4)CC3)cs2)N1. The number of para-hydroxylation sites is 1. The lowest BCUT2D eigenvalue weighted by Crippen LogP contribution is -2.49. The fraction of sp³-hybridized carbons (Fsp3) is 0.400. The van der Waals surface area contributed by atoms with E-state index in [1.807, 2.05) is 23.1 Å². The summed E-state index contributed by atoms with van der Waals surface area (Å²) < 4.78 is 0. The summed E-state index contributed by atoms with van der Waals surface area (Å²) in [6.45, 7) is 2.98. The van der Waals surface area contributed by atoms with Gasteiger partial charge in [0, 0.05) is 43.7 Å². The summed E-state index contributed by atoms with van der Waals surface area (Å²) in [6, 6.07) is 9.70. The van der Waals surface area contributed by atoms with Crippen LogP contribution in [0.1, 0.15) is 18.5 Å². The molecule has 4 rings (SSSR count). The number of hydrogen-bond donors (Lipinski definition) is 2. The molecular weight excluding hydrogens is 390 g/mol. The van der Waals surface area contributed by atoms with Crippen LogP contribution in [-0.2, 0) is 20.8 Å². The highest BCUT2D eigenvalue weighted by atomic mass is 32.1. The number of anilines is 2. The number of amides is 3. The van der Waals surface area contributed by atoms with Gasteiger partial charge >= 0.3 is 0 Å². The maximum absolute atomic E-state index is 12.6. The largest absolute Gasteiger partial charge is 0.368 e. The van der Waals surface area contributed by atoms with Gasteiger partial charge in [-0.05, 0) is 18.6 Å². The number of hydrogen-bond acceptors (Lipinski definition) is 6. The minimum atomic E-state index is -0.502. The molecule has 8 nitrogen and oxygen atoms in total. The molecule has 29 heavy (non-hydrogen) atoms. The molecule has 152 valence electrons. The van der Waals surface area contributed by atoms with Crippen molar-refractivity contribution >= 4 is 39.9 Å². The number of carbonyl (C=O) groups excluding carboxylic acids is 3. The first-order valence-electron chi connectivity index (χ1n) is 9.71. The van der Waals surface area contributed by atoms with Gasteiger partial charge in [0.1, 0.15) is 6.04 Å². The van der Waals surface area contributed by atoms with Crippen molar-refractivity contribution in [2.45, 2.75) is 25.3 Å². The van der Waals surface area contributed by atoms with Gasteiger partial charge < -0.3 is 20.4 Å². The highest BCUT2D eigenvalue weighted by Crippen LogP contribution is 2.19. The van der Waals surface area contributed by atoms with Gasteiger partial charge in [0.15, 0.2) is 5.13 Å². The van der Waals surface area contributed by atoms with E-state index in [-0.39, 0.29) is 24.1 Å². The molecule has 9 heteroatoms. The molecule has 0 spiro atoms. The summed E-state index contributed by atoms with van der Waals surface area (Å²) in [7, 11) is 0. The van der Waals surface area contributed by atoms with Crippen molar-refractivity contribution < 1.29 is 14.4 Å². The van der Waals surface area contributed by atoms with Crippen molar-refractivity contribution in [2.75, 3.05) is 36.4 Å². The summed E-state index contributed by atoms with van der Waals surface area (Å²) in [5.41, 5.74) is 1.83. The second-order valence-electron chi connectivity index (χ2n) is 7.17. The van der Waals surface area contributed by atoms with E-state index < -0.39 is 6.04 Å². The molecule has 2 aliphatic rings. The summed E-state index contributed by atoms with van der Waals surface area (Å²) in [6.07, 6.45) is 1.08. The van der Waals surface area contributed by atoms with Crippen LogP contribution in [0.4, 0.5) is 10.8 Å². The molecule has 0 saturated carbocycles. The fourth-order valence-electron chi connectivity index (χ4n) is 3.57. The Bertz CT molecular complexity index is 893. The van der Waals surface area contributed by atoms with Gasteiger partial charge in [-0.1, -0.05) is 18.2 Å². The molecule has 2 aliphatic heterocycles. The summed E-state index contributed by atoms with van der Waals surface area (Å²) >= 11 is 1.29. The van der Waals surface area contributed by atoms with E-state index in [4.69, 9.17) is 0 Å². The molecule has 0 bridgehead atoms. The molecule has 2 aromatic rings. The Morgan fingerprint density at radius 2 is 1.93 bits per heavy atom. The summed E-state index contributed by atoms with van der Waals surface area (Å²) in [5.74, 6) is -0.327. The van der Waals surface area contributed by atoms with E-state index in [9.17, 15) is 14.4 Å². The van der Waals surface area contributed by atoms with Gasteiger partial charge in [0.05, 0.1) is 12.1 Å². The van der Waals surface area contributed by atoms with Crippen molar-refractivity contribution in [3.8, 4) is 0 Å². The van der Waals surface area contributed by atoms with E-state index >= 15 is 0 Å². The minimum Gasteiger partial charge on any atom is -0.368 e. The Morgan fingerprint density at radius 1 is 1.17 bits per heavy atom. The molecule has 1 unspecified atom stereocenters. The van der Waals surface area contributed by atoms with Gasteiger partial charge in [-0.15, -0.1) is 11.3 Å². The van der Waals surface area contributed by atoms with Crippen molar-refractivity contribution in [2.24, 2.45) is 0 Å². The maximum Gasteiger partial charge on any atom is 0.248 e. The van der Waals surface area contributed by atoms with Crippen LogP contribution < -0.4 is 15.5 Å². The number of benzene rings is 1. The minimum absolute atomic E-state index is 0.0453. The second kappa shape index (κ2) is 8.60. The fourth-order valence-corrected chi connectivity index (χ4v) is 4.28. The molecule has 0 aliphatic carbocycles. The molecule has 3 amide bonds. The lowest BCUT2D eigenvalue weighted by atomic mass is 10.2. The molecule has 2 fully saturated rings. The highest BCUT2D eigenvalue weighted by Gasteiger charge is 2.28. The van der Waals surface area contributed by atoms with Crippen molar-refractivity contribution in [3.63, 3.8) is 0 Å². The van der Waals surface area contributed by atoms with Gasteiger partial charge in [0.25, 0.3) is 0 Å². The maximum atomic E-state index is 12.6. The molecule has 0 radical (unpaired) electrons. The first-order chi connectivity index (χ1) is 14.1. The Hall–Kier alpha value is -2.94. The molecule has 1 atom stereocenters. The zero-order chi connectivity index (χ0) is 20.2. The zero-order valence-corrected chi connectivity index (χ0v) is 16.8. The molecule has 1 aromatic heterocycles. The van der Waals surface area contributed by atoms with Crippen LogP contribution in [-0.4, -0.2) is 59.8 Å². The number of nitrogens with zero attached hydrogens (tertiary/aromatic N) is 3. The third-order valence-electron chi connectivity index (χ3n) is 5.18. The predicted molar refractivity (Wildman–Crippen MR) is 111 cm³/mol. The quantitative estimate of drug-likeness (QED) is 0.769. The van der Waals surface area contributed by atoms with Crippen LogP contribution >= 0.6 is 11.3 Å². The van der Waals surface area contributed by atoms with E-state index in [1.54, 1.807) is 5.38 Å². The zero-order valence-electron chi connectivity index (χ0n) is 16.0. The number of carbonyl (C=O) groups is 3. The number of piperazine rings is 1. The molecule has 1 aromatic carbocycles. The van der Waals surface area contributed by atoms with Crippen molar-refractivity contribution in [1.82, 2.24) is 15.2 Å². The van der Waals surface area contributed by atoms with E-state index in [0.717, 1.165) is 13.1 Å². The van der Waals surface area contributed by atoms with Gasteiger partial charge in [-0.25, -0.2) is 4.98 Å². The number of rotatable bonds is 5. The van der Waals surface area contributed by atoms with Gasteiger partial charge in [0.2, 0.25) is 17.7 Å². The van der Waals surface area contributed by atoms with E-state index in [0.29, 0.717) is 36.8 Å². The first-order valence-corrected chi connectivity index (χ1v) is 10.6. The van der Waals surface area contributed by atoms with E-state index in [2.05, 4.69) is 32.7 Å². The van der Waals surface area contributed by atoms with Crippen LogP contribution in [0.25, 0.3) is 0 Å². The Kier molecular flexibility index (Phi) is 5.75. The van der Waals surface area contributed by atoms with Crippen LogP contribution in [0.15, 0.2) is 35.7 Å². The average Bonchev–Trinajstić information content (AvgIpc) is 3.37. The van der Waals surface area contributed by atoms with Crippen LogP contribution in [0.5, 0.6) is 0 Å². The van der Waals surface area contributed by atoms with Gasteiger partial charge in [-0.2, -0.15) is 0 Å². The number of thiazole rings is 1. The second-order valence-corrected chi connectivity index (χ2v) is 8.03. The predicted octanol–water partition coefficient (Wildman–Crippen LogP) is 1.25. The van der Waals surface area contributed by atoms with Crippen LogP contribution in [0, 0.1) is 0 Å². The number of nitrogens with one attached hydrogen (secondary N) is 2. The highest BCUT2D eigenvalue weighted by molar-refractivity contribution is 7.13. The van der Waals surface area contributed by atoms with E-state index in [1.165, 1.54) is 17.0 Å². The average molecular weight is 414 g/mol. The first kappa shape index (κ1) is 19.4. The monoisotopic (exact) mass is 413 g/mol. The molecule has 3 heterocycles. The van der Waals surface area contributed by atoms with Crippen molar-refractivity contribution in [3.05, 3.63) is 41.4 Å². The lowest BCUT2D eigenvalue weighted by Gasteiger charge is -2.36. The number of aromatic nitrogens is 1. The van der Waals surface area contributed by atoms with Crippen LogP contribution in [0.2, 0.25) is 0 Å². The third-order valence-corrected chi connectivity index (χ3v) is 5.99. The summed E-state index contributed by atoms with van der Waals surface area (Å²) in [5, 5.41) is 7.60. The smallest absolute Gasteiger partial charge is 0.248 e. The molecule has 2 saturated heterocycles. The standard InChI is InChI=1S/C20H23N5O3S/c26-17-7-6-16(22-17)19(28)23-20-21-14(13-29-20)12-18(27)25-10-8-24(9-11-25)15-4-2-1-3-5-15/h1-5,13,16H,6-12H2,(H,22,26)(H,21,23,28). The Labute approximate surface area is 172 Å². The summed E-state index contributed by atoms with van der Waals surface area (Å²) in [4.78, 5) is 44.5.